The minimum Gasteiger partial charge on any atom is -0.336 e. The minimum atomic E-state index is 0.180. The molecule has 2 rings (SSSR count). The molecule has 1 fully saturated rings. The molecule has 3 nitrogen and oxygen atoms in total. The molecule has 0 aromatic heterocycles. The molecule has 0 heterocycles. The molecule has 2 N–H and O–H groups in total. The average molecular weight is 260 g/mol. The summed E-state index contributed by atoms with van der Waals surface area (Å²) in [7, 11) is 0. The zero-order chi connectivity index (χ0) is 13.8. The van der Waals surface area contributed by atoms with E-state index in [2.05, 4.69) is 13.0 Å². The Hall–Kier alpha value is -1.35. The lowest BCUT2D eigenvalue weighted by Crippen LogP contribution is -2.45. The van der Waals surface area contributed by atoms with Crippen LogP contribution in [0.25, 0.3) is 0 Å². The Morgan fingerprint density at radius 1 is 1.37 bits per heavy atom. The molecule has 1 aliphatic carbocycles. The number of benzene rings is 1. The molecule has 1 aromatic carbocycles. The highest BCUT2D eigenvalue weighted by molar-refractivity contribution is 5.96. The van der Waals surface area contributed by atoms with Crippen LogP contribution in [0.15, 0.2) is 18.2 Å². The van der Waals surface area contributed by atoms with Crippen molar-refractivity contribution in [1.82, 2.24) is 4.90 Å². The van der Waals surface area contributed by atoms with Crippen molar-refractivity contribution in [2.24, 2.45) is 5.73 Å². The number of aryl methyl sites for hydroxylation is 1. The zero-order valence-electron chi connectivity index (χ0n) is 12.0. The van der Waals surface area contributed by atoms with E-state index >= 15 is 0 Å². The summed E-state index contributed by atoms with van der Waals surface area (Å²) in [5, 5.41) is 0. The average Bonchev–Trinajstić information content (AvgIpc) is 2.34. The monoisotopic (exact) mass is 260 g/mol. The summed E-state index contributed by atoms with van der Waals surface area (Å²) in [6.07, 6.45) is 4.40. The second kappa shape index (κ2) is 6.20. The number of rotatable bonds is 5. The van der Waals surface area contributed by atoms with Crippen LogP contribution in [0.1, 0.15) is 47.2 Å². The molecular weight excluding hydrogens is 236 g/mol. The maximum atomic E-state index is 12.7. The second-order valence-corrected chi connectivity index (χ2v) is 5.47. The van der Waals surface area contributed by atoms with Gasteiger partial charge in [0.05, 0.1) is 0 Å². The molecule has 0 spiro atoms. The Balaban J connectivity index is 2.20. The molecule has 1 aromatic rings. The van der Waals surface area contributed by atoms with E-state index in [-0.39, 0.29) is 5.91 Å². The summed E-state index contributed by atoms with van der Waals surface area (Å²) in [4.78, 5) is 14.8. The molecule has 3 heteroatoms. The van der Waals surface area contributed by atoms with Gasteiger partial charge in [-0.1, -0.05) is 12.1 Å². The number of nitrogens with two attached hydrogens (primary N) is 1. The van der Waals surface area contributed by atoms with Gasteiger partial charge in [-0.05, 0) is 63.3 Å². The van der Waals surface area contributed by atoms with E-state index in [1.165, 1.54) is 12.0 Å². The number of carbonyl (C=O) groups excluding carboxylic acids is 1. The molecule has 0 unspecified atom stereocenters. The smallest absolute Gasteiger partial charge is 0.254 e. The van der Waals surface area contributed by atoms with Crippen molar-refractivity contribution in [3.8, 4) is 0 Å². The number of amides is 1. The molecule has 1 aliphatic rings. The third kappa shape index (κ3) is 2.98. The van der Waals surface area contributed by atoms with Gasteiger partial charge in [0.15, 0.2) is 0 Å². The predicted octanol–water partition coefficient (Wildman–Crippen LogP) is 2.65. The van der Waals surface area contributed by atoms with Gasteiger partial charge in [-0.25, -0.2) is 0 Å². The molecule has 1 saturated carbocycles. The van der Waals surface area contributed by atoms with Crippen LogP contribution in [-0.4, -0.2) is 29.9 Å². The van der Waals surface area contributed by atoms with E-state index in [0.29, 0.717) is 12.6 Å². The van der Waals surface area contributed by atoms with Crippen LogP contribution in [-0.2, 0) is 0 Å². The highest BCUT2D eigenvalue weighted by Gasteiger charge is 2.29. The summed E-state index contributed by atoms with van der Waals surface area (Å²) in [6, 6.07) is 6.40. The maximum absolute atomic E-state index is 12.7. The molecule has 0 bridgehead atoms. The summed E-state index contributed by atoms with van der Waals surface area (Å²) in [5.41, 5.74) is 8.72. The highest BCUT2D eigenvalue weighted by Crippen LogP contribution is 2.27. The van der Waals surface area contributed by atoms with E-state index in [9.17, 15) is 4.79 Å². The fourth-order valence-electron chi connectivity index (χ4n) is 2.55. The summed E-state index contributed by atoms with van der Waals surface area (Å²) >= 11 is 0. The maximum Gasteiger partial charge on any atom is 0.254 e. The van der Waals surface area contributed by atoms with Crippen LogP contribution in [0.5, 0.6) is 0 Å². The van der Waals surface area contributed by atoms with Crippen LogP contribution in [0.4, 0.5) is 0 Å². The number of nitrogens with zero attached hydrogens (tertiary/aromatic N) is 1. The van der Waals surface area contributed by atoms with Crippen LogP contribution in [0.2, 0.25) is 0 Å². The topological polar surface area (TPSA) is 46.3 Å². The van der Waals surface area contributed by atoms with Crippen molar-refractivity contribution in [2.75, 3.05) is 13.1 Å². The number of carbonyl (C=O) groups is 1. The summed E-state index contributed by atoms with van der Waals surface area (Å²) in [6.45, 7) is 5.51. The van der Waals surface area contributed by atoms with Crippen LogP contribution >= 0.6 is 0 Å². The van der Waals surface area contributed by atoms with Gasteiger partial charge in [0, 0.05) is 18.2 Å². The Morgan fingerprint density at radius 2 is 2.11 bits per heavy atom. The first kappa shape index (κ1) is 14.1. The Bertz CT molecular complexity index is 452. The van der Waals surface area contributed by atoms with Gasteiger partial charge >= 0.3 is 0 Å². The Labute approximate surface area is 115 Å². The first-order chi connectivity index (χ1) is 9.15. The van der Waals surface area contributed by atoms with Crippen LogP contribution in [0.3, 0.4) is 0 Å². The van der Waals surface area contributed by atoms with Crippen LogP contribution < -0.4 is 5.73 Å². The molecule has 1 amide bonds. The van der Waals surface area contributed by atoms with Crippen molar-refractivity contribution in [1.29, 1.82) is 0 Å². The van der Waals surface area contributed by atoms with Gasteiger partial charge in [-0.3, -0.25) is 4.79 Å². The molecule has 0 saturated heterocycles. The van der Waals surface area contributed by atoms with Crippen molar-refractivity contribution in [3.63, 3.8) is 0 Å². The highest BCUT2D eigenvalue weighted by atomic mass is 16.2. The lowest BCUT2D eigenvalue weighted by atomic mass is 9.90. The van der Waals surface area contributed by atoms with Crippen LogP contribution in [0, 0.1) is 13.8 Å². The standard InChI is InChI=1S/C16H24N2O/c1-12-6-3-9-15(13(12)2)16(19)18(11-5-10-17)14-7-4-8-14/h3,6,9,14H,4-5,7-8,10-11,17H2,1-2H3. The van der Waals surface area contributed by atoms with E-state index in [1.54, 1.807) is 0 Å². The fraction of sp³-hybridized carbons (Fsp3) is 0.562. The number of hydrogen-bond acceptors (Lipinski definition) is 2. The third-order valence-electron chi connectivity index (χ3n) is 4.21. The molecule has 0 aliphatic heterocycles. The van der Waals surface area contributed by atoms with E-state index in [4.69, 9.17) is 5.73 Å². The van der Waals surface area contributed by atoms with E-state index < -0.39 is 0 Å². The molecule has 19 heavy (non-hydrogen) atoms. The van der Waals surface area contributed by atoms with Gasteiger partial charge < -0.3 is 10.6 Å². The quantitative estimate of drug-likeness (QED) is 0.884. The Morgan fingerprint density at radius 3 is 2.68 bits per heavy atom. The molecular formula is C16H24N2O. The number of hydrogen-bond donors (Lipinski definition) is 1. The molecule has 0 radical (unpaired) electrons. The molecule has 104 valence electrons. The second-order valence-electron chi connectivity index (χ2n) is 5.47. The predicted molar refractivity (Wildman–Crippen MR) is 78.3 cm³/mol. The van der Waals surface area contributed by atoms with Crippen molar-refractivity contribution >= 4 is 5.91 Å². The van der Waals surface area contributed by atoms with Crippen molar-refractivity contribution in [2.45, 2.75) is 45.6 Å². The zero-order valence-corrected chi connectivity index (χ0v) is 12.0. The fourth-order valence-corrected chi connectivity index (χ4v) is 2.55. The van der Waals surface area contributed by atoms with Crippen molar-refractivity contribution < 1.29 is 4.79 Å². The van der Waals surface area contributed by atoms with Gasteiger partial charge in [-0.2, -0.15) is 0 Å². The van der Waals surface area contributed by atoms with Gasteiger partial charge in [0.1, 0.15) is 0 Å². The normalized spacial score (nSPS) is 15.1. The van der Waals surface area contributed by atoms with Gasteiger partial charge in [0.25, 0.3) is 5.91 Å². The first-order valence-electron chi connectivity index (χ1n) is 7.22. The van der Waals surface area contributed by atoms with Gasteiger partial charge in [-0.15, -0.1) is 0 Å². The lowest BCUT2D eigenvalue weighted by molar-refractivity contribution is 0.0577. The van der Waals surface area contributed by atoms with E-state index in [1.807, 2.05) is 24.0 Å². The first-order valence-corrected chi connectivity index (χ1v) is 7.22. The summed E-state index contributed by atoms with van der Waals surface area (Å²) < 4.78 is 0. The SMILES string of the molecule is Cc1cccc(C(=O)N(CCCN)C2CCC2)c1C. The van der Waals surface area contributed by atoms with Gasteiger partial charge in [0.2, 0.25) is 0 Å². The largest absolute Gasteiger partial charge is 0.336 e. The molecule has 0 atom stereocenters. The van der Waals surface area contributed by atoms with E-state index in [0.717, 1.165) is 36.9 Å². The van der Waals surface area contributed by atoms with Crippen molar-refractivity contribution in [3.05, 3.63) is 34.9 Å². The Kier molecular flexibility index (Phi) is 4.59. The summed E-state index contributed by atoms with van der Waals surface area (Å²) in [5.74, 6) is 0.180. The minimum absolute atomic E-state index is 0.180. The third-order valence-corrected chi connectivity index (χ3v) is 4.21. The lowest BCUT2D eigenvalue weighted by Gasteiger charge is -2.38.